The van der Waals surface area contributed by atoms with Gasteiger partial charge >= 0.3 is 0 Å². The van der Waals surface area contributed by atoms with E-state index in [-0.39, 0.29) is 23.5 Å². The van der Waals surface area contributed by atoms with Crippen LogP contribution in [0.4, 0.5) is 4.39 Å². The summed E-state index contributed by atoms with van der Waals surface area (Å²) in [6.45, 7) is 4.65. The lowest BCUT2D eigenvalue weighted by Crippen LogP contribution is -2.52. The summed E-state index contributed by atoms with van der Waals surface area (Å²) in [5, 5.41) is 3.29. The number of hydrogen-bond donors (Lipinski definition) is 1. The molecule has 1 saturated carbocycles. The Hall–Kier alpha value is -2.17. The highest BCUT2D eigenvalue weighted by molar-refractivity contribution is 5.88. The summed E-state index contributed by atoms with van der Waals surface area (Å²) in [5.41, 5.74) is 0.551. The third kappa shape index (κ3) is 3.97. The molecule has 26 heavy (non-hydrogen) atoms. The monoisotopic (exact) mass is 358 g/mol. The molecule has 0 aromatic heterocycles. The lowest BCUT2D eigenvalue weighted by atomic mass is 9.76. The molecule has 1 aromatic carbocycles. The number of nitrogens with zero attached hydrogens (tertiary/aromatic N) is 1. The molecule has 1 aromatic rings. The lowest BCUT2D eigenvalue weighted by molar-refractivity contribution is -0.133. The molecular weight excluding hydrogens is 331 g/mol. The van der Waals surface area contributed by atoms with E-state index in [9.17, 15) is 14.0 Å². The van der Waals surface area contributed by atoms with Crippen molar-refractivity contribution in [1.29, 1.82) is 0 Å². The van der Waals surface area contributed by atoms with E-state index in [2.05, 4.69) is 11.9 Å². The molecule has 1 saturated heterocycles. The van der Waals surface area contributed by atoms with Gasteiger partial charge in [-0.25, -0.2) is 4.39 Å². The second-order valence-corrected chi connectivity index (χ2v) is 7.47. The van der Waals surface area contributed by atoms with Crippen LogP contribution in [0.5, 0.6) is 0 Å². The summed E-state index contributed by atoms with van der Waals surface area (Å²) in [5.74, 6) is -0.588. The van der Waals surface area contributed by atoms with Gasteiger partial charge in [0.05, 0.1) is 11.5 Å². The third-order valence-corrected chi connectivity index (χ3v) is 5.74. The van der Waals surface area contributed by atoms with Crippen LogP contribution < -0.4 is 5.32 Å². The Bertz CT molecular complexity index is 665. The number of benzene rings is 1. The largest absolute Gasteiger partial charge is 0.346 e. The predicted octanol–water partition coefficient (Wildman–Crippen LogP) is 3.53. The van der Waals surface area contributed by atoms with Crippen molar-refractivity contribution >= 4 is 11.8 Å². The fourth-order valence-corrected chi connectivity index (χ4v) is 4.27. The lowest BCUT2D eigenvalue weighted by Gasteiger charge is -2.41. The van der Waals surface area contributed by atoms with Crippen molar-refractivity contribution in [3.05, 3.63) is 48.3 Å². The minimum absolute atomic E-state index is 0.00205. The van der Waals surface area contributed by atoms with E-state index in [4.69, 9.17) is 0 Å². The Kier molecular flexibility index (Phi) is 5.74. The van der Waals surface area contributed by atoms with Crippen LogP contribution in [0, 0.1) is 11.7 Å². The van der Waals surface area contributed by atoms with Gasteiger partial charge < -0.3 is 10.2 Å². The molecule has 1 aliphatic heterocycles. The molecule has 1 atom stereocenters. The summed E-state index contributed by atoms with van der Waals surface area (Å²) in [6, 6.07) is 6.50. The molecule has 2 amide bonds. The zero-order valence-corrected chi connectivity index (χ0v) is 15.2. The maximum atomic E-state index is 13.4. The molecule has 0 radical (unpaired) electrons. The fraction of sp³-hybridized carbons (Fsp3) is 0.524. The summed E-state index contributed by atoms with van der Waals surface area (Å²) < 4.78 is 13.4. The van der Waals surface area contributed by atoms with Crippen molar-refractivity contribution in [3.8, 4) is 0 Å². The van der Waals surface area contributed by atoms with Gasteiger partial charge in [0, 0.05) is 13.1 Å². The van der Waals surface area contributed by atoms with Gasteiger partial charge in [0.15, 0.2) is 0 Å². The first-order valence-corrected chi connectivity index (χ1v) is 9.53. The number of halogens is 1. The van der Waals surface area contributed by atoms with Crippen LogP contribution in [0.2, 0.25) is 0 Å². The number of likely N-dealkylation sites (tertiary alicyclic amines) is 1. The second-order valence-electron chi connectivity index (χ2n) is 7.47. The van der Waals surface area contributed by atoms with E-state index in [0.717, 1.165) is 50.5 Å². The van der Waals surface area contributed by atoms with Crippen molar-refractivity contribution in [2.24, 2.45) is 5.92 Å². The van der Waals surface area contributed by atoms with Crippen LogP contribution in [-0.4, -0.2) is 29.8 Å². The predicted molar refractivity (Wildman–Crippen MR) is 98.8 cm³/mol. The normalized spacial score (nSPS) is 22.5. The topological polar surface area (TPSA) is 49.4 Å². The van der Waals surface area contributed by atoms with E-state index < -0.39 is 5.54 Å². The summed E-state index contributed by atoms with van der Waals surface area (Å²) in [7, 11) is 0. The van der Waals surface area contributed by atoms with Crippen molar-refractivity contribution in [2.75, 3.05) is 13.1 Å². The summed E-state index contributed by atoms with van der Waals surface area (Å²) >= 11 is 0. The van der Waals surface area contributed by atoms with Gasteiger partial charge in [0.1, 0.15) is 5.82 Å². The zero-order chi connectivity index (χ0) is 18.6. The average Bonchev–Trinajstić information content (AvgIpc) is 2.68. The maximum Gasteiger partial charge on any atom is 0.245 e. The molecule has 5 heteroatoms. The van der Waals surface area contributed by atoms with Gasteiger partial charge in [-0.1, -0.05) is 38.0 Å². The van der Waals surface area contributed by atoms with Gasteiger partial charge in [-0.3, -0.25) is 9.59 Å². The summed E-state index contributed by atoms with van der Waals surface area (Å²) in [6.07, 6.45) is 7.89. The Morgan fingerprint density at radius 1 is 1.15 bits per heavy atom. The highest BCUT2D eigenvalue weighted by atomic mass is 19.1. The van der Waals surface area contributed by atoms with Crippen LogP contribution >= 0.6 is 0 Å². The van der Waals surface area contributed by atoms with Crippen molar-refractivity contribution in [2.45, 2.75) is 50.5 Å². The van der Waals surface area contributed by atoms with Gasteiger partial charge in [-0.15, -0.1) is 0 Å². The molecule has 0 bridgehead atoms. The SMILES string of the molecule is C=CC(=O)N1CCCC(C(=O)NC2(c3ccc(F)cc3)CCCCC2)C1. The number of carbonyl (C=O) groups is 2. The standard InChI is InChI=1S/C21H27FN2O2/c1-2-19(25)24-14-6-7-16(15-24)20(26)23-21(12-4-3-5-13-21)17-8-10-18(22)11-9-17/h2,8-11,16H,1,3-7,12-15H2,(H,23,26). The van der Waals surface area contributed by atoms with Crippen LogP contribution in [0.15, 0.2) is 36.9 Å². The van der Waals surface area contributed by atoms with Crippen molar-refractivity contribution in [3.63, 3.8) is 0 Å². The van der Waals surface area contributed by atoms with E-state index in [1.165, 1.54) is 18.2 Å². The van der Waals surface area contributed by atoms with Gasteiger partial charge in [0.2, 0.25) is 11.8 Å². The molecule has 2 fully saturated rings. The number of rotatable bonds is 4. The highest BCUT2D eigenvalue weighted by Crippen LogP contribution is 2.37. The van der Waals surface area contributed by atoms with Crippen LogP contribution in [0.3, 0.4) is 0 Å². The Morgan fingerprint density at radius 2 is 1.85 bits per heavy atom. The number of piperidine rings is 1. The Labute approximate surface area is 154 Å². The van der Waals surface area contributed by atoms with Crippen LogP contribution in [-0.2, 0) is 15.1 Å². The molecule has 1 N–H and O–H groups in total. The van der Waals surface area contributed by atoms with Crippen LogP contribution in [0.25, 0.3) is 0 Å². The van der Waals surface area contributed by atoms with Crippen LogP contribution in [0.1, 0.15) is 50.5 Å². The van der Waals surface area contributed by atoms with Gasteiger partial charge in [-0.2, -0.15) is 0 Å². The van der Waals surface area contributed by atoms with Gasteiger partial charge in [-0.05, 0) is 49.5 Å². The molecular formula is C21H27FN2O2. The van der Waals surface area contributed by atoms with Crippen molar-refractivity contribution in [1.82, 2.24) is 10.2 Å². The first kappa shape index (κ1) is 18.6. The Morgan fingerprint density at radius 3 is 2.50 bits per heavy atom. The van der Waals surface area contributed by atoms with E-state index in [0.29, 0.717) is 13.1 Å². The fourth-order valence-electron chi connectivity index (χ4n) is 4.27. The first-order valence-electron chi connectivity index (χ1n) is 9.53. The van der Waals surface area contributed by atoms with E-state index >= 15 is 0 Å². The number of amides is 2. The first-order chi connectivity index (χ1) is 12.5. The smallest absolute Gasteiger partial charge is 0.245 e. The van der Waals surface area contributed by atoms with Gasteiger partial charge in [0.25, 0.3) is 0 Å². The van der Waals surface area contributed by atoms with Crippen molar-refractivity contribution < 1.29 is 14.0 Å². The highest BCUT2D eigenvalue weighted by Gasteiger charge is 2.38. The Balaban J connectivity index is 1.76. The van der Waals surface area contributed by atoms with E-state index in [1.807, 2.05) is 0 Å². The number of hydrogen-bond acceptors (Lipinski definition) is 2. The zero-order valence-electron chi connectivity index (χ0n) is 15.2. The quantitative estimate of drug-likeness (QED) is 0.837. The molecule has 1 unspecified atom stereocenters. The minimum atomic E-state index is -0.423. The summed E-state index contributed by atoms with van der Waals surface area (Å²) in [4.78, 5) is 26.6. The average molecular weight is 358 g/mol. The molecule has 2 aliphatic rings. The third-order valence-electron chi connectivity index (χ3n) is 5.74. The minimum Gasteiger partial charge on any atom is -0.346 e. The second kappa shape index (κ2) is 8.02. The molecule has 4 nitrogen and oxygen atoms in total. The molecule has 140 valence electrons. The molecule has 1 heterocycles. The maximum absolute atomic E-state index is 13.4. The molecule has 3 rings (SSSR count). The van der Waals surface area contributed by atoms with E-state index in [1.54, 1.807) is 17.0 Å². The number of carbonyl (C=O) groups excluding carboxylic acids is 2. The molecule has 1 aliphatic carbocycles. The molecule has 0 spiro atoms. The number of nitrogens with one attached hydrogen (secondary N) is 1.